The molecule has 0 spiro atoms. The second-order valence-electron chi connectivity index (χ2n) is 5.86. The number of carbonyl (C=O) groups is 2. The van der Waals surface area contributed by atoms with Gasteiger partial charge in [0.05, 0.1) is 0 Å². The van der Waals surface area contributed by atoms with Crippen molar-refractivity contribution in [2.45, 2.75) is 6.92 Å². The Labute approximate surface area is 145 Å². The summed E-state index contributed by atoms with van der Waals surface area (Å²) < 4.78 is 13.2. The maximum absolute atomic E-state index is 13.2. The van der Waals surface area contributed by atoms with E-state index in [4.69, 9.17) is 0 Å². The fourth-order valence-corrected chi connectivity index (χ4v) is 2.78. The van der Waals surface area contributed by atoms with Gasteiger partial charge in [-0.25, -0.2) is 4.39 Å². The largest absolute Gasteiger partial charge is 0.368 e. The number of piperazine rings is 1. The third kappa shape index (κ3) is 4.12. The zero-order valence-corrected chi connectivity index (χ0v) is 13.9. The van der Waals surface area contributed by atoms with Crippen molar-refractivity contribution in [2.75, 3.05) is 36.4 Å². The Kier molecular flexibility index (Phi) is 4.92. The molecule has 1 fully saturated rings. The second-order valence-corrected chi connectivity index (χ2v) is 5.86. The van der Waals surface area contributed by atoms with Gasteiger partial charge in [-0.05, 0) is 30.3 Å². The van der Waals surface area contributed by atoms with E-state index in [2.05, 4.69) is 15.2 Å². The van der Waals surface area contributed by atoms with Crippen molar-refractivity contribution in [3.63, 3.8) is 0 Å². The zero-order chi connectivity index (χ0) is 17.8. The van der Waals surface area contributed by atoms with E-state index in [1.165, 1.54) is 18.2 Å². The number of anilines is 2. The molecule has 25 heavy (non-hydrogen) atoms. The molecular formula is C18H19FN4O2. The van der Waals surface area contributed by atoms with Crippen LogP contribution >= 0.6 is 0 Å². The molecule has 6 nitrogen and oxygen atoms in total. The molecule has 0 atom stereocenters. The molecule has 2 aromatic rings. The predicted molar refractivity (Wildman–Crippen MR) is 93.1 cm³/mol. The van der Waals surface area contributed by atoms with E-state index in [-0.39, 0.29) is 11.6 Å². The van der Waals surface area contributed by atoms with Crippen molar-refractivity contribution < 1.29 is 14.0 Å². The van der Waals surface area contributed by atoms with Gasteiger partial charge in [-0.2, -0.15) is 0 Å². The fraction of sp³-hybridized carbons (Fsp3) is 0.278. The minimum Gasteiger partial charge on any atom is -0.368 e. The Morgan fingerprint density at radius 1 is 1.12 bits per heavy atom. The number of pyridine rings is 1. The lowest BCUT2D eigenvalue weighted by molar-refractivity contribution is -0.129. The second kappa shape index (κ2) is 7.29. The van der Waals surface area contributed by atoms with Crippen LogP contribution in [0.4, 0.5) is 15.8 Å². The molecule has 1 aliphatic heterocycles. The molecule has 0 unspecified atom stereocenters. The molecule has 1 aromatic carbocycles. The standard InChI is InChI=1S/C18H19FN4O2/c1-13(24)22-7-9-23(10-8-22)16-5-6-20-17(12-16)18(25)21-15-4-2-3-14(19)11-15/h2-6,11-12H,7-10H2,1H3,(H,21,25). The molecule has 0 radical (unpaired) electrons. The number of aromatic nitrogens is 1. The zero-order valence-electron chi connectivity index (χ0n) is 13.9. The molecule has 2 heterocycles. The number of amides is 2. The normalized spacial score (nSPS) is 14.3. The molecule has 0 saturated carbocycles. The van der Waals surface area contributed by atoms with Crippen molar-refractivity contribution >= 4 is 23.2 Å². The summed E-state index contributed by atoms with van der Waals surface area (Å²) in [6.45, 7) is 4.28. The lowest BCUT2D eigenvalue weighted by Gasteiger charge is -2.35. The van der Waals surface area contributed by atoms with E-state index in [1.54, 1.807) is 30.2 Å². The van der Waals surface area contributed by atoms with Gasteiger partial charge in [0.25, 0.3) is 5.91 Å². The topological polar surface area (TPSA) is 65.5 Å². The Hall–Kier alpha value is -2.96. The third-order valence-electron chi connectivity index (χ3n) is 4.15. The molecule has 130 valence electrons. The van der Waals surface area contributed by atoms with Crippen LogP contribution in [0, 0.1) is 5.82 Å². The first-order valence-electron chi connectivity index (χ1n) is 8.06. The van der Waals surface area contributed by atoms with Crippen LogP contribution in [0.3, 0.4) is 0 Å². The number of halogens is 1. The first kappa shape index (κ1) is 16.9. The van der Waals surface area contributed by atoms with Crippen LogP contribution < -0.4 is 10.2 Å². The first-order valence-corrected chi connectivity index (χ1v) is 8.06. The van der Waals surface area contributed by atoms with Crippen LogP contribution in [0.2, 0.25) is 0 Å². The number of nitrogens with zero attached hydrogens (tertiary/aromatic N) is 3. The van der Waals surface area contributed by atoms with Crippen LogP contribution in [0.25, 0.3) is 0 Å². The Morgan fingerprint density at radius 3 is 2.56 bits per heavy atom. The van der Waals surface area contributed by atoms with Crippen molar-refractivity contribution in [3.05, 3.63) is 54.1 Å². The van der Waals surface area contributed by atoms with Gasteiger partial charge in [-0.3, -0.25) is 14.6 Å². The molecule has 1 aliphatic rings. The minimum atomic E-state index is -0.414. The highest BCUT2D eigenvalue weighted by Gasteiger charge is 2.19. The molecule has 0 aliphatic carbocycles. The summed E-state index contributed by atoms with van der Waals surface area (Å²) in [5, 5.41) is 2.64. The van der Waals surface area contributed by atoms with Gasteiger partial charge in [-0.15, -0.1) is 0 Å². The predicted octanol–water partition coefficient (Wildman–Crippen LogP) is 2.14. The van der Waals surface area contributed by atoms with E-state index in [0.29, 0.717) is 31.9 Å². The summed E-state index contributed by atoms with van der Waals surface area (Å²) in [4.78, 5) is 31.7. The summed E-state index contributed by atoms with van der Waals surface area (Å²) in [6.07, 6.45) is 1.58. The van der Waals surface area contributed by atoms with E-state index in [1.807, 2.05) is 6.07 Å². The summed E-state index contributed by atoms with van der Waals surface area (Å²) in [5.41, 5.74) is 1.52. The molecule has 0 bridgehead atoms. The SMILES string of the molecule is CC(=O)N1CCN(c2ccnc(C(=O)Nc3cccc(F)c3)c2)CC1. The van der Waals surface area contributed by atoms with Gasteiger partial charge >= 0.3 is 0 Å². The van der Waals surface area contributed by atoms with E-state index >= 15 is 0 Å². The minimum absolute atomic E-state index is 0.0736. The van der Waals surface area contributed by atoms with Gasteiger partial charge < -0.3 is 15.1 Å². The lowest BCUT2D eigenvalue weighted by Crippen LogP contribution is -2.48. The Morgan fingerprint density at radius 2 is 1.88 bits per heavy atom. The third-order valence-corrected chi connectivity index (χ3v) is 4.15. The van der Waals surface area contributed by atoms with Crippen LogP contribution in [0.15, 0.2) is 42.6 Å². The first-order chi connectivity index (χ1) is 12.0. The van der Waals surface area contributed by atoms with Crippen molar-refractivity contribution in [1.29, 1.82) is 0 Å². The van der Waals surface area contributed by atoms with Crippen LogP contribution in [-0.2, 0) is 4.79 Å². The average Bonchev–Trinajstić information content (AvgIpc) is 2.62. The smallest absolute Gasteiger partial charge is 0.274 e. The Balaban J connectivity index is 1.69. The maximum atomic E-state index is 13.2. The molecule has 2 amide bonds. The van der Waals surface area contributed by atoms with Crippen molar-refractivity contribution in [1.82, 2.24) is 9.88 Å². The number of hydrogen-bond acceptors (Lipinski definition) is 4. The van der Waals surface area contributed by atoms with Crippen LogP contribution in [0.1, 0.15) is 17.4 Å². The Bertz CT molecular complexity index is 788. The summed E-state index contributed by atoms with van der Waals surface area (Å²) >= 11 is 0. The highest BCUT2D eigenvalue weighted by atomic mass is 19.1. The molecule has 1 N–H and O–H groups in total. The van der Waals surface area contributed by atoms with E-state index in [0.717, 1.165) is 5.69 Å². The number of benzene rings is 1. The van der Waals surface area contributed by atoms with Crippen LogP contribution in [-0.4, -0.2) is 47.9 Å². The highest BCUT2D eigenvalue weighted by Crippen LogP contribution is 2.18. The number of rotatable bonds is 3. The van der Waals surface area contributed by atoms with Gasteiger partial charge in [0.15, 0.2) is 0 Å². The quantitative estimate of drug-likeness (QED) is 0.928. The average molecular weight is 342 g/mol. The van der Waals surface area contributed by atoms with Crippen molar-refractivity contribution in [2.24, 2.45) is 0 Å². The van der Waals surface area contributed by atoms with Gasteiger partial charge in [0.1, 0.15) is 11.5 Å². The number of hydrogen-bond donors (Lipinski definition) is 1. The van der Waals surface area contributed by atoms with Crippen molar-refractivity contribution in [3.8, 4) is 0 Å². The van der Waals surface area contributed by atoms with Gasteiger partial charge in [-0.1, -0.05) is 6.07 Å². The lowest BCUT2D eigenvalue weighted by atomic mass is 10.2. The fourth-order valence-electron chi connectivity index (χ4n) is 2.78. The van der Waals surface area contributed by atoms with E-state index in [9.17, 15) is 14.0 Å². The molecule has 3 rings (SSSR count). The molecule has 7 heteroatoms. The molecule has 1 saturated heterocycles. The number of nitrogens with one attached hydrogen (secondary N) is 1. The van der Waals surface area contributed by atoms with Gasteiger partial charge in [0.2, 0.25) is 5.91 Å². The number of carbonyl (C=O) groups excluding carboxylic acids is 2. The summed E-state index contributed by atoms with van der Waals surface area (Å²) in [7, 11) is 0. The summed E-state index contributed by atoms with van der Waals surface area (Å²) in [5.74, 6) is -0.734. The highest BCUT2D eigenvalue weighted by molar-refractivity contribution is 6.03. The maximum Gasteiger partial charge on any atom is 0.274 e. The summed E-state index contributed by atoms with van der Waals surface area (Å²) in [6, 6.07) is 9.26. The molecule has 1 aromatic heterocycles. The van der Waals surface area contributed by atoms with Gasteiger partial charge in [0, 0.05) is 50.7 Å². The van der Waals surface area contributed by atoms with E-state index < -0.39 is 11.7 Å². The molecular weight excluding hydrogens is 323 g/mol. The monoisotopic (exact) mass is 342 g/mol. The van der Waals surface area contributed by atoms with Crippen LogP contribution in [0.5, 0.6) is 0 Å².